The minimum atomic E-state index is 0.598. The van der Waals surface area contributed by atoms with Gasteiger partial charge >= 0.3 is 0 Å². The summed E-state index contributed by atoms with van der Waals surface area (Å²) in [6, 6.07) is 57.0. The molecule has 286 valence electrons. The Hall–Kier alpha value is -8.35. The molecule has 0 amide bonds. The lowest BCUT2D eigenvalue weighted by Crippen LogP contribution is -1.96. The Morgan fingerprint density at radius 1 is 0.393 bits per heavy atom. The molecule has 0 radical (unpaired) electrons. The van der Waals surface area contributed by atoms with E-state index in [2.05, 4.69) is 131 Å². The SMILES string of the molecule is C=Cc1c(C=C)n(-c2ccc3oc4ccccc4c3c2)c2ccc(-c3ccc4c(c3)c3cc5oc(-c6ccccc6)nc5cc3n4-c3ccc4oc5ccccc5c4c3)cc12. The van der Waals surface area contributed by atoms with E-state index in [-0.39, 0.29) is 0 Å². The second-order valence-corrected chi connectivity index (χ2v) is 15.6. The lowest BCUT2D eigenvalue weighted by Gasteiger charge is -2.10. The van der Waals surface area contributed by atoms with Crippen molar-refractivity contribution in [2.24, 2.45) is 0 Å². The van der Waals surface area contributed by atoms with E-state index in [0.29, 0.717) is 5.89 Å². The van der Waals surface area contributed by atoms with Gasteiger partial charge in [-0.1, -0.05) is 86.0 Å². The van der Waals surface area contributed by atoms with Crippen LogP contribution >= 0.6 is 0 Å². The first-order chi connectivity index (χ1) is 30.1. The first-order valence-corrected chi connectivity index (χ1v) is 20.3. The molecule has 0 N–H and O–H groups in total. The van der Waals surface area contributed by atoms with Gasteiger partial charge < -0.3 is 22.4 Å². The largest absolute Gasteiger partial charge is 0.456 e. The Balaban J connectivity index is 1.01. The Kier molecular flexibility index (Phi) is 6.93. The van der Waals surface area contributed by atoms with Crippen molar-refractivity contribution >= 4 is 99.8 Å². The highest BCUT2D eigenvalue weighted by Gasteiger charge is 2.21. The summed E-state index contributed by atoms with van der Waals surface area (Å²) in [4.78, 5) is 4.98. The van der Waals surface area contributed by atoms with Crippen LogP contribution in [0.25, 0.3) is 134 Å². The monoisotopic (exact) mass is 783 g/mol. The van der Waals surface area contributed by atoms with Crippen LogP contribution in [0.5, 0.6) is 0 Å². The zero-order valence-electron chi connectivity index (χ0n) is 32.7. The van der Waals surface area contributed by atoms with E-state index in [0.717, 1.165) is 127 Å². The topological polar surface area (TPSA) is 62.2 Å². The predicted octanol–water partition coefficient (Wildman–Crippen LogP) is 15.3. The predicted molar refractivity (Wildman–Crippen MR) is 251 cm³/mol. The molecular weight excluding hydrogens is 751 g/mol. The minimum absolute atomic E-state index is 0.598. The molecule has 0 saturated carbocycles. The molecule has 0 bridgehead atoms. The minimum Gasteiger partial charge on any atom is -0.456 e. The molecular formula is C55H33N3O3. The Labute approximate surface area is 348 Å². The molecule has 0 aliphatic heterocycles. The summed E-state index contributed by atoms with van der Waals surface area (Å²) in [5.41, 5.74) is 15.4. The number of hydrogen-bond acceptors (Lipinski definition) is 4. The van der Waals surface area contributed by atoms with Gasteiger partial charge in [-0.25, -0.2) is 4.98 Å². The number of nitrogens with zero attached hydrogens (tertiary/aromatic N) is 3. The van der Waals surface area contributed by atoms with Crippen molar-refractivity contribution in [1.82, 2.24) is 14.1 Å². The first-order valence-electron chi connectivity index (χ1n) is 20.3. The Morgan fingerprint density at radius 2 is 0.967 bits per heavy atom. The summed E-state index contributed by atoms with van der Waals surface area (Å²) >= 11 is 0. The van der Waals surface area contributed by atoms with Gasteiger partial charge in [0.25, 0.3) is 0 Å². The third kappa shape index (κ3) is 4.87. The van der Waals surface area contributed by atoms with Gasteiger partial charge in [0.1, 0.15) is 27.8 Å². The van der Waals surface area contributed by atoms with Crippen molar-refractivity contribution in [3.8, 4) is 34.0 Å². The molecule has 0 fully saturated rings. The first kappa shape index (κ1) is 33.6. The Morgan fingerprint density at radius 3 is 1.62 bits per heavy atom. The molecule has 8 aromatic carbocycles. The summed E-state index contributed by atoms with van der Waals surface area (Å²) in [6.45, 7) is 8.52. The molecule has 61 heavy (non-hydrogen) atoms. The van der Waals surface area contributed by atoms with Crippen LogP contribution in [0.1, 0.15) is 11.3 Å². The summed E-state index contributed by atoms with van der Waals surface area (Å²) in [7, 11) is 0. The van der Waals surface area contributed by atoms with Crippen LogP contribution < -0.4 is 0 Å². The number of hydrogen-bond donors (Lipinski definition) is 0. The van der Waals surface area contributed by atoms with Crippen LogP contribution in [0, 0.1) is 0 Å². The number of fused-ring (bicyclic) bond motifs is 11. The van der Waals surface area contributed by atoms with Gasteiger partial charge in [-0.05, 0) is 114 Å². The summed E-state index contributed by atoms with van der Waals surface area (Å²) in [5.74, 6) is 0.598. The van der Waals surface area contributed by atoms with E-state index >= 15 is 0 Å². The van der Waals surface area contributed by atoms with Crippen LogP contribution in [-0.4, -0.2) is 14.1 Å². The maximum absolute atomic E-state index is 6.45. The van der Waals surface area contributed by atoms with Crippen LogP contribution in [-0.2, 0) is 0 Å². The van der Waals surface area contributed by atoms with Crippen LogP contribution in [0.4, 0.5) is 0 Å². The lowest BCUT2D eigenvalue weighted by atomic mass is 10.00. The van der Waals surface area contributed by atoms with E-state index < -0.39 is 0 Å². The normalized spacial score (nSPS) is 12.1. The zero-order chi connectivity index (χ0) is 40.3. The van der Waals surface area contributed by atoms with E-state index in [9.17, 15) is 0 Å². The van der Waals surface area contributed by atoms with Crippen molar-refractivity contribution in [2.75, 3.05) is 0 Å². The molecule has 5 aromatic heterocycles. The highest BCUT2D eigenvalue weighted by Crippen LogP contribution is 2.41. The smallest absolute Gasteiger partial charge is 0.227 e. The third-order valence-electron chi connectivity index (χ3n) is 12.3. The molecule has 13 aromatic rings. The van der Waals surface area contributed by atoms with Gasteiger partial charge in [0, 0.05) is 60.2 Å². The van der Waals surface area contributed by atoms with E-state index in [1.165, 1.54) is 0 Å². The van der Waals surface area contributed by atoms with Crippen molar-refractivity contribution < 1.29 is 13.3 Å². The van der Waals surface area contributed by atoms with E-state index in [1.807, 2.05) is 66.7 Å². The van der Waals surface area contributed by atoms with Crippen molar-refractivity contribution in [3.63, 3.8) is 0 Å². The average Bonchev–Trinajstić information content (AvgIpc) is 4.13. The van der Waals surface area contributed by atoms with Crippen molar-refractivity contribution in [3.05, 3.63) is 188 Å². The molecule has 13 rings (SSSR count). The number of aromatic nitrogens is 3. The molecule has 5 heterocycles. The molecule has 0 atom stereocenters. The molecule has 6 nitrogen and oxygen atoms in total. The van der Waals surface area contributed by atoms with Crippen molar-refractivity contribution in [2.45, 2.75) is 0 Å². The van der Waals surface area contributed by atoms with Gasteiger partial charge in [0.2, 0.25) is 5.89 Å². The molecule has 0 saturated heterocycles. The lowest BCUT2D eigenvalue weighted by molar-refractivity contribution is 0.620. The van der Waals surface area contributed by atoms with Gasteiger partial charge in [-0.2, -0.15) is 0 Å². The molecule has 0 unspecified atom stereocenters. The fourth-order valence-electron chi connectivity index (χ4n) is 9.52. The number of rotatable bonds is 6. The summed E-state index contributed by atoms with van der Waals surface area (Å²) in [6.07, 6.45) is 3.86. The second kappa shape index (κ2) is 12.6. The standard InChI is InChI=1S/C55H33N3O3/c1-3-37-40-26-33(18-22-47(40)57(46(37)4-2)35-20-24-52-43(28-35)38-14-8-10-16-50(38)59-52)34-19-23-48-41(27-34)42-30-54-45(56-55(61-54)32-12-6-5-7-13-32)31-49(42)58(48)36-21-25-53-44(29-36)39-15-9-11-17-51(39)60-53/h3-31H,1-2H2. The number of oxazole rings is 1. The van der Waals surface area contributed by atoms with Gasteiger partial charge in [0.05, 0.1) is 22.2 Å². The fraction of sp³-hybridized carbons (Fsp3) is 0. The maximum atomic E-state index is 6.45. The molecule has 6 heteroatoms. The summed E-state index contributed by atoms with van der Waals surface area (Å²) < 4.78 is 23.5. The van der Waals surface area contributed by atoms with Gasteiger partial charge in [0.15, 0.2) is 5.58 Å². The number of para-hydroxylation sites is 2. The number of furan rings is 2. The quantitative estimate of drug-likeness (QED) is 0.168. The second-order valence-electron chi connectivity index (χ2n) is 15.6. The zero-order valence-corrected chi connectivity index (χ0v) is 32.7. The molecule has 0 aliphatic rings. The highest BCUT2D eigenvalue weighted by atomic mass is 16.3. The van der Waals surface area contributed by atoms with E-state index in [4.69, 9.17) is 18.2 Å². The average molecular weight is 784 g/mol. The Bertz CT molecular complexity index is 3980. The van der Waals surface area contributed by atoms with Gasteiger partial charge in [-0.3, -0.25) is 0 Å². The molecule has 0 aliphatic carbocycles. The highest BCUT2D eigenvalue weighted by molar-refractivity contribution is 6.15. The van der Waals surface area contributed by atoms with Crippen LogP contribution in [0.2, 0.25) is 0 Å². The van der Waals surface area contributed by atoms with Gasteiger partial charge in [-0.15, -0.1) is 0 Å². The number of benzene rings is 8. The summed E-state index contributed by atoms with van der Waals surface area (Å²) in [5, 5.41) is 7.61. The van der Waals surface area contributed by atoms with Crippen LogP contribution in [0.15, 0.2) is 190 Å². The maximum Gasteiger partial charge on any atom is 0.227 e. The molecule has 0 spiro atoms. The third-order valence-corrected chi connectivity index (χ3v) is 12.3. The van der Waals surface area contributed by atoms with Crippen LogP contribution in [0.3, 0.4) is 0 Å². The van der Waals surface area contributed by atoms with E-state index in [1.54, 1.807) is 0 Å². The fourth-order valence-corrected chi connectivity index (χ4v) is 9.52. The van der Waals surface area contributed by atoms with Crippen molar-refractivity contribution in [1.29, 1.82) is 0 Å².